The lowest BCUT2D eigenvalue weighted by Crippen LogP contribution is -2.08. The maximum absolute atomic E-state index is 11.0. The fraction of sp³-hybridized carbons (Fsp3) is 0. The largest absolute Gasteiger partial charge is 0.334 e. The lowest BCUT2D eigenvalue weighted by molar-refractivity contribution is -0.385. The molecule has 0 spiro atoms. The molecule has 0 atom stereocenters. The van der Waals surface area contributed by atoms with Crippen molar-refractivity contribution < 1.29 is 14.4 Å². The molecule has 0 aliphatic heterocycles. The lowest BCUT2D eigenvalue weighted by Gasteiger charge is -2.04. The fourth-order valence-electron chi connectivity index (χ4n) is 2.81. The third-order valence-corrected chi connectivity index (χ3v) is 4.36. The molecule has 0 radical (unpaired) electrons. The van der Waals surface area contributed by atoms with Crippen molar-refractivity contribution in [3.8, 4) is 11.5 Å². The highest BCUT2D eigenvalue weighted by Gasteiger charge is 2.18. The summed E-state index contributed by atoms with van der Waals surface area (Å²) in [7, 11) is 0. The predicted molar refractivity (Wildman–Crippen MR) is 115 cm³/mol. The summed E-state index contributed by atoms with van der Waals surface area (Å²) in [5.74, 6) is 0.259. The molecule has 4 rings (SSSR count). The summed E-state index contributed by atoms with van der Waals surface area (Å²) in [5.41, 5.74) is 4.65. The topological polar surface area (TPSA) is 150 Å². The Morgan fingerprint density at radius 2 is 1.59 bits per heavy atom. The highest BCUT2D eigenvalue weighted by Crippen LogP contribution is 2.23. The zero-order chi connectivity index (χ0) is 22.5. The van der Waals surface area contributed by atoms with Gasteiger partial charge in [-0.15, -0.1) is 0 Å². The van der Waals surface area contributed by atoms with Crippen molar-refractivity contribution in [2.45, 2.75) is 0 Å². The summed E-state index contributed by atoms with van der Waals surface area (Å²) in [6, 6.07) is 20.7. The van der Waals surface area contributed by atoms with E-state index in [4.69, 9.17) is 4.52 Å². The van der Waals surface area contributed by atoms with Crippen LogP contribution in [-0.2, 0) is 0 Å². The van der Waals surface area contributed by atoms with Crippen molar-refractivity contribution in [1.29, 1.82) is 0 Å². The van der Waals surface area contributed by atoms with Crippen LogP contribution in [-0.4, -0.2) is 25.7 Å². The molecule has 158 valence electrons. The number of anilines is 1. The molecule has 0 amide bonds. The Morgan fingerprint density at radius 3 is 2.28 bits per heavy atom. The maximum Gasteiger partial charge on any atom is 0.270 e. The van der Waals surface area contributed by atoms with Crippen LogP contribution in [0.4, 0.5) is 17.1 Å². The van der Waals surface area contributed by atoms with E-state index in [0.29, 0.717) is 22.5 Å². The number of non-ortho nitro benzene ring substituents is 2. The van der Waals surface area contributed by atoms with Gasteiger partial charge in [0.1, 0.15) is 5.71 Å². The van der Waals surface area contributed by atoms with E-state index in [1.165, 1.54) is 42.5 Å². The highest BCUT2D eigenvalue weighted by atomic mass is 16.6. The van der Waals surface area contributed by atoms with Gasteiger partial charge in [-0.3, -0.25) is 25.7 Å². The van der Waals surface area contributed by atoms with Crippen molar-refractivity contribution in [1.82, 2.24) is 10.1 Å². The molecule has 3 aromatic carbocycles. The number of nitro benzene ring substituents is 2. The zero-order valence-electron chi connectivity index (χ0n) is 16.3. The van der Waals surface area contributed by atoms with Crippen LogP contribution in [0.5, 0.6) is 0 Å². The molecule has 4 aromatic rings. The smallest absolute Gasteiger partial charge is 0.270 e. The van der Waals surface area contributed by atoms with E-state index in [0.717, 1.165) is 0 Å². The molecule has 0 saturated carbocycles. The first-order valence-corrected chi connectivity index (χ1v) is 9.24. The monoisotopic (exact) mass is 430 g/mol. The number of benzene rings is 3. The van der Waals surface area contributed by atoms with Crippen molar-refractivity contribution >= 4 is 22.8 Å². The number of nitro groups is 2. The van der Waals surface area contributed by atoms with Gasteiger partial charge in [0.15, 0.2) is 0 Å². The standard InChI is InChI=1S/C21H14N6O5/c28-26(29)17-11-9-16(10-12-17)23-24-19(14-5-2-1-3-6-14)20-22-21(32-25-20)15-7-4-8-18(13-15)27(30)31/h1-13,23H/b24-19-. The van der Waals surface area contributed by atoms with Crippen molar-refractivity contribution in [2.75, 3.05) is 5.43 Å². The van der Waals surface area contributed by atoms with Crippen LogP contribution < -0.4 is 5.43 Å². The molecular weight excluding hydrogens is 416 g/mol. The summed E-state index contributed by atoms with van der Waals surface area (Å²) >= 11 is 0. The summed E-state index contributed by atoms with van der Waals surface area (Å²) in [6.07, 6.45) is 0. The molecule has 1 aromatic heterocycles. The summed E-state index contributed by atoms with van der Waals surface area (Å²) < 4.78 is 5.31. The van der Waals surface area contributed by atoms with Crippen LogP contribution in [0.1, 0.15) is 11.4 Å². The van der Waals surface area contributed by atoms with Crippen LogP contribution in [0.3, 0.4) is 0 Å². The lowest BCUT2D eigenvalue weighted by atomic mass is 10.1. The van der Waals surface area contributed by atoms with Gasteiger partial charge in [0.2, 0.25) is 5.82 Å². The van der Waals surface area contributed by atoms with E-state index in [1.807, 2.05) is 18.2 Å². The Labute approximate surface area is 180 Å². The van der Waals surface area contributed by atoms with Gasteiger partial charge in [-0.25, -0.2) is 0 Å². The quantitative estimate of drug-likeness (QED) is 0.257. The van der Waals surface area contributed by atoms with E-state index in [1.54, 1.807) is 18.2 Å². The summed E-state index contributed by atoms with van der Waals surface area (Å²) in [4.78, 5) is 25.2. The number of rotatable bonds is 7. The Hall–Kier alpha value is -4.93. The third-order valence-electron chi connectivity index (χ3n) is 4.36. The van der Waals surface area contributed by atoms with Crippen LogP contribution >= 0.6 is 0 Å². The average molecular weight is 430 g/mol. The van der Waals surface area contributed by atoms with Crippen molar-refractivity contribution in [2.24, 2.45) is 5.10 Å². The van der Waals surface area contributed by atoms with Gasteiger partial charge in [0.25, 0.3) is 17.3 Å². The fourth-order valence-corrected chi connectivity index (χ4v) is 2.81. The number of hydrogen-bond donors (Lipinski definition) is 1. The molecule has 0 fully saturated rings. The normalized spacial score (nSPS) is 11.2. The van der Waals surface area contributed by atoms with Gasteiger partial charge < -0.3 is 4.52 Å². The molecular formula is C21H14N6O5. The van der Waals surface area contributed by atoms with Crippen molar-refractivity contribution in [3.05, 3.63) is 110 Å². The molecule has 0 aliphatic rings. The Bertz CT molecular complexity index is 1300. The number of hydrazone groups is 1. The van der Waals surface area contributed by atoms with Gasteiger partial charge in [0.05, 0.1) is 15.5 Å². The maximum atomic E-state index is 11.0. The van der Waals surface area contributed by atoms with E-state index in [-0.39, 0.29) is 23.1 Å². The van der Waals surface area contributed by atoms with Gasteiger partial charge >= 0.3 is 0 Å². The van der Waals surface area contributed by atoms with Crippen LogP contribution in [0.25, 0.3) is 11.5 Å². The number of aromatic nitrogens is 2. The predicted octanol–water partition coefficient (Wildman–Crippen LogP) is 4.42. The Morgan fingerprint density at radius 1 is 0.875 bits per heavy atom. The molecule has 1 N–H and O–H groups in total. The second-order valence-corrected chi connectivity index (χ2v) is 6.47. The second kappa shape index (κ2) is 8.83. The first-order valence-electron chi connectivity index (χ1n) is 9.24. The molecule has 0 aliphatic carbocycles. The van der Waals surface area contributed by atoms with E-state index in [2.05, 4.69) is 20.7 Å². The van der Waals surface area contributed by atoms with Crippen LogP contribution in [0.2, 0.25) is 0 Å². The Kier molecular flexibility index (Phi) is 5.62. The van der Waals surface area contributed by atoms with E-state index in [9.17, 15) is 20.2 Å². The number of nitrogens with zero attached hydrogens (tertiary/aromatic N) is 5. The molecule has 0 bridgehead atoms. The van der Waals surface area contributed by atoms with Crippen LogP contribution in [0, 0.1) is 20.2 Å². The first kappa shape index (κ1) is 20.3. The molecule has 0 saturated heterocycles. The minimum atomic E-state index is -0.508. The number of nitrogens with one attached hydrogen (secondary N) is 1. The summed E-state index contributed by atoms with van der Waals surface area (Å²) in [6.45, 7) is 0. The molecule has 32 heavy (non-hydrogen) atoms. The second-order valence-electron chi connectivity index (χ2n) is 6.47. The van der Waals surface area contributed by atoms with Gasteiger partial charge in [-0.1, -0.05) is 41.6 Å². The van der Waals surface area contributed by atoms with Crippen LogP contribution in [0.15, 0.2) is 88.5 Å². The third kappa shape index (κ3) is 4.46. The Balaban J connectivity index is 1.67. The first-order chi connectivity index (χ1) is 15.5. The minimum Gasteiger partial charge on any atom is -0.334 e. The molecule has 11 heteroatoms. The van der Waals surface area contributed by atoms with Gasteiger partial charge in [-0.2, -0.15) is 10.1 Å². The zero-order valence-corrected chi connectivity index (χ0v) is 16.3. The van der Waals surface area contributed by atoms with E-state index >= 15 is 0 Å². The molecule has 11 nitrogen and oxygen atoms in total. The summed E-state index contributed by atoms with van der Waals surface area (Å²) in [5, 5.41) is 30.2. The highest BCUT2D eigenvalue weighted by molar-refractivity contribution is 6.10. The number of hydrogen-bond acceptors (Lipinski definition) is 9. The van der Waals surface area contributed by atoms with Crippen molar-refractivity contribution in [3.63, 3.8) is 0 Å². The minimum absolute atomic E-state index is 0.0393. The SMILES string of the molecule is O=[N+]([O-])c1ccc(N/N=C(/c2ccccc2)c2noc(-c3cccc([N+](=O)[O-])c3)n2)cc1. The van der Waals surface area contributed by atoms with E-state index < -0.39 is 9.85 Å². The molecule has 1 heterocycles. The van der Waals surface area contributed by atoms with Gasteiger partial charge in [0, 0.05) is 35.4 Å². The molecule has 0 unspecified atom stereocenters. The average Bonchev–Trinajstić information content (AvgIpc) is 3.30. The van der Waals surface area contributed by atoms with Gasteiger partial charge in [-0.05, 0) is 18.2 Å².